The van der Waals surface area contributed by atoms with Gasteiger partial charge in [-0.15, -0.1) is 0 Å². The Kier molecular flexibility index (Phi) is 4.71. The molecule has 2 fully saturated rings. The normalized spacial score (nSPS) is 28.2. The van der Waals surface area contributed by atoms with Gasteiger partial charge in [0.05, 0.1) is 5.92 Å². The molecule has 0 spiro atoms. The number of hydrogen-bond acceptors (Lipinski definition) is 5. The summed E-state index contributed by atoms with van der Waals surface area (Å²) in [6.45, 7) is 7.31. The molecule has 0 aliphatic carbocycles. The van der Waals surface area contributed by atoms with Crippen molar-refractivity contribution in [3.05, 3.63) is 59.2 Å². The van der Waals surface area contributed by atoms with Gasteiger partial charge in [-0.3, -0.25) is 15.1 Å². The molecule has 0 radical (unpaired) electrons. The van der Waals surface area contributed by atoms with Crippen molar-refractivity contribution < 1.29 is 14.3 Å². The molecule has 7 heteroatoms. The molecular weight excluding hydrogens is 404 g/mol. The summed E-state index contributed by atoms with van der Waals surface area (Å²) >= 11 is 0. The molecule has 32 heavy (non-hydrogen) atoms. The molecule has 0 unspecified atom stereocenters. The number of carbonyl (C=O) groups excluding carboxylic acids is 1. The SMILES string of the molecule is C[C@H]1[C@H]2[C@@H](c3ccc(C(=N)N)cc3)N(C)C(C)(C)[C@H]2C(=O)N1Cc1ccc2c(c1)OCO2. The molecule has 0 saturated carbocycles. The zero-order valence-corrected chi connectivity index (χ0v) is 19.0. The fraction of sp³-hybridized carbons (Fsp3) is 0.440. The van der Waals surface area contributed by atoms with Crippen LogP contribution >= 0.6 is 0 Å². The van der Waals surface area contributed by atoms with Crippen molar-refractivity contribution in [3.8, 4) is 11.5 Å². The first-order chi connectivity index (χ1) is 15.2. The van der Waals surface area contributed by atoms with E-state index in [9.17, 15) is 4.79 Å². The minimum Gasteiger partial charge on any atom is -0.454 e. The van der Waals surface area contributed by atoms with Crippen LogP contribution in [0.25, 0.3) is 0 Å². The largest absolute Gasteiger partial charge is 0.454 e. The van der Waals surface area contributed by atoms with Gasteiger partial charge in [-0.1, -0.05) is 30.3 Å². The first-order valence-corrected chi connectivity index (χ1v) is 11.1. The Bertz CT molecular complexity index is 1080. The number of rotatable bonds is 4. The van der Waals surface area contributed by atoms with Crippen molar-refractivity contribution in [1.82, 2.24) is 9.80 Å². The molecule has 0 aromatic heterocycles. The summed E-state index contributed by atoms with van der Waals surface area (Å²) in [5.41, 5.74) is 8.28. The maximum absolute atomic E-state index is 13.7. The van der Waals surface area contributed by atoms with Gasteiger partial charge in [-0.05, 0) is 51.1 Å². The van der Waals surface area contributed by atoms with E-state index in [-0.39, 0.29) is 48.0 Å². The van der Waals surface area contributed by atoms with E-state index < -0.39 is 0 Å². The maximum atomic E-state index is 13.7. The molecule has 1 amide bonds. The highest BCUT2D eigenvalue weighted by Gasteiger charge is 2.63. The molecule has 2 aromatic rings. The monoisotopic (exact) mass is 434 g/mol. The number of amidine groups is 1. The molecule has 2 saturated heterocycles. The first-order valence-electron chi connectivity index (χ1n) is 11.1. The summed E-state index contributed by atoms with van der Waals surface area (Å²) in [7, 11) is 2.12. The second-order valence-electron chi connectivity index (χ2n) is 9.69. The van der Waals surface area contributed by atoms with Gasteiger partial charge in [0, 0.05) is 35.6 Å². The molecule has 5 rings (SSSR count). The van der Waals surface area contributed by atoms with E-state index in [0.29, 0.717) is 12.1 Å². The lowest BCUT2D eigenvalue weighted by Gasteiger charge is -2.37. The smallest absolute Gasteiger partial charge is 0.231 e. The van der Waals surface area contributed by atoms with Gasteiger partial charge in [0.25, 0.3) is 0 Å². The molecule has 3 aliphatic heterocycles. The van der Waals surface area contributed by atoms with Gasteiger partial charge in [-0.2, -0.15) is 0 Å². The number of nitrogens with two attached hydrogens (primary N) is 1. The molecule has 3 N–H and O–H groups in total. The van der Waals surface area contributed by atoms with Crippen LogP contribution in [-0.4, -0.2) is 47.0 Å². The topological polar surface area (TPSA) is 91.9 Å². The van der Waals surface area contributed by atoms with Gasteiger partial charge in [0.2, 0.25) is 12.7 Å². The fourth-order valence-corrected chi connectivity index (χ4v) is 5.85. The third-order valence-electron chi connectivity index (χ3n) is 7.79. The predicted octanol–water partition coefficient (Wildman–Crippen LogP) is 3.13. The Morgan fingerprint density at radius 2 is 1.84 bits per heavy atom. The van der Waals surface area contributed by atoms with Crippen LogP contribution in [0.1, 0.15) is 43.5 Å². The number of likely N-dealkylation sites (tertiary alicyclic amines) is 2. The van der Waals surface area contributed by atoms with Gasteiger partial charge in [0.15, 0.2) is 11.5 Å². The van der Waals surface area contributed by atoms with Crippen LogP contribution in [0.5, 0.6) is 11.5 Å². The Morgan fingerprint density at radius 3 is 2.53 bits per heavy atom. The van der Waals surface area contributed by atoms with Crippen molar-refractivity contribution in [2.45, 2.75) is 44.9 Å². The van der Waals surface area contributed by atoms with E-state index in [0.717, 1.165) is 22.6 Å². The van der Waals surface area contributed by atoms with Crippen LogP contribution in [0.2, 0.25) is 0 Å². The van der Waals surface area contributed by atoms with Gasteiger partial charge >= 0.3 is 0 Å². The zero-order chi connectivity index (χ0) is 22.8. The number of amides is 1. The van der Waals surface area contributed by atoms with Gasteiger partial charge in [-0.25, -0.2) is 0 Å². The second-order valence-corrected chi connectivity index (χ2v) is 9.69. The highest BCUT2D eigenvalue weighted by molar-refractivity contribution is 5.94. The summed E-state index contributed by atoms with van der Waals surface area (Å²) in [5.74, 6) is 1.84. The van der Waals surface area contributed by atoms with Crippen molar-refractivity contribution in [2.75, 3.05) is 13.8 Å². The summed E-state index contributed by atoms with van der Waals surface area (Å²) in [6, 6.07) is 14.0. The van der Waals surface area contributed by atoms with E-state index in [1.807, 2.05) is 47.4 Å². The number of nitrogens with zero attached hydrogens (tertiary/aromatic N) is 2. The van der Waals surface area contributed by atoms with Crippen molar-refractivity contribution in [1.29, 1.82) is 5.41 Å². The molecule has 4 atom stereocenters. The quantitative estimate of drug-likeness (QED) is 0.570. The van der Waals surface area contributed by atoms with Crippen LogP contribution in [0.3, 0.4) is 0 Å². The van der Waals surface area contributed by atoms with Gasteiger partial charge < -0.3 is 20.1 Å². The minimum absolute atomic E-state index is 0.0637. The number of nitrogen functional groups attached to an aromatic ring is 1. The van der Waals surface area contributed by atoms with E-state index in [1.165, 1.54) is 0 Å². The van der Waals surface area contributed by atoms with E-state index in [2.05, 4.69) is 32.7 Å². The average Bonchev–Trinajstić information content (AvgIpc) is 3.38. The maximum Gasteiger partial charge on any atom is 0.231 e. The lowest BCUT2D eigenvalue weighted by atomic mass is 9.79. The molecule has 3 heterocycles. The third kappa shape index (κ3) is 2.98. The minimum atomic E-state index is -0.274. The summed E-state index contributed by atoms with van der Waals surface area (Å²) in [5, 5.41) is 7.67. The fourth-order valence-electron chi connectivity index (χ4n) is 5.85. The summed E-state index contributed by atoms with van der Waals surface area (Å²) in [4.78, 5) is 18.1. The Labute approximate surface area is 188 Å². The molecular formula is C25H30N4O3. The van der Waals surface area contributed by atoms with Gasteiger partial charge in [0.1, 0.15) is 5.84 Å². The number of hydrogen-bond donors (Lipinski definition) is 2. The Hall–Kier alpha value is -3.06. The van der Waals surface area contributed by atoms with Crippen LogP contribution in [0, 0.1) is 17.2 Å². The molecule has 7 nitrogen and oxygen atoms in total. The molecule has 3 aliphatic rings. The molecule has 168 valence electrons. The lowest BCUT2D eigenvalue weighted by Crippen LogP contribution is -2.46. The number of benzene rings is 2. The van der Waals surface area contributed by atoms with Crippen molar-refractivity contribution in [3.63, 3.8) is 0 Å². The van der Waals surface area contributed by atoms with Crippen molar-refractivity contribution in [2.24, 2.45) is 17.6 Å². The number of fused-ring (bicyclic) bond motifs is 2. The third-order valence-corrected chi connectivity index (χ3v) is 7.79. The van der Waals surface area contributed by atoms with Crippen LogP contribution in [-0.2, 0) is 11.3 Å². The summed E-state index contributed by atoms with van der Waals surface area (Å²) in [6.07, 6.45) is 0. The number of ether oxygens (including phenoxy) is 2. The van der Waals surface area contributed by atoms with Crippen LogP contribution in [0.15, 0.2) is 42.5 Å². The Morgan fingerprint density at radius 1 is 1.16 bits per heavy atom. The van der Waals surface area contributed by atoms with Crippen molar-refractivity contribution >= 4 is 11.7 Å². The van der Waals surface area contributed by atoms with E-state index >= 15 is 0 Å². The van der Waals surface area contributed by atoms with Crippen LogP contribution < -0.4 is 15.2 Å². The number of carbonyl (C=O) groups is 1. The standard InChI is InChI=1S/C25H30N4O3/c1-14-20-21(24(30)29(14)12-15-5-10-18-19(11-15)32-13-31-18)25(2,3)28(4)22(20)16-6-8-17(9-7-16)23(26)27/h5-11,14,20-22H,12-13H2,1-4H3,(H3,26,27)/t14-,20+,21+,22+/m0/s1. The average molecular weight is 435 g/mol. The lowest BCUT2D eigenvalue weighted by molar-refractivity contribution is -0.135. The first kappa shape index (κ1) is 20.8. The highest BCUT2D eigenvalue weighted by atomic mass is 16.7. The molecule has 2 aromatic carbocycles. The van der Waals surface area contributed by atoms with E-state index in [1.54, 1.807) is 0 Å². The van der Waals surface area contributed by atoms with E-state index in [4.69, 9.17) is 20.6 Å². The van der Waals surface area contributed by atoms with Crippen LogP contribution in [0.4, 0.5) is 0 Å². The Balaban J connectivity index is 1.47. The zero-order valence-electron chi connectivity index (χ0n) is 19.0. The second kappa shape index (κ2) is 7.24. The number of nitrogens with one attached hydrogen (secondary N) is 1. The summed E-state index contributed by atoms with van der Waals surface area (Å²) < 4.78 is 10.9. The highest BCUT2D eigenvalue weighted by Crippen LogP contribution is 2.56. The molecule has 0 bridgehead atoms. The predicted molar refractivity (Wildman–Crippen MR) is 122 cm³/mol.